The lowest BCUT2D eigenvalue weighted by atomic mass is 10.2. The normalized spacial score (nSPS) is 13.2. The highest BCUT2D eigenvalue weighted by Crippen LogP contribution is 2.07. The molecule has 8 heteroatoms. The third-order valence-electron chi connectivity index (χ3n) is 2.30. The lowest BCUT2D eigenvalue weighted by Crippen LogP contribution is -2.47. The fourth-order valence-electron chi connectivity index (χ4n) is 1.48. The van der Waals surface area contributed by atoms with Gasteiger partial charge in [-0.25, -0.2) is 9.59 Å². The summed E-state index contributed by atoms with van der Waals surface area (Å²) in [7, 11) is 0. The van der Waals surface area contributed by atoms with Crippen molar-refractivity contribution in [3.05, 3.63) is 0 Å². The maximum absolute atomic E-state index is 11.6. The summed E-state index contributed by atoms with van der Waals surface area (Å²) in [5, 5.41) is 17.4. The summed E-state index contributed by atoms with van der Waals surface area (Å²) in [6.07, 6.45) is -1.06. The van der Waals surface area contributed by atoms with Crippen LogP contribution in [0.1, 0.15) is 41.5 Å². The van der Waals surface area contributed by atoms with Crippen LogP contribution in [0.4, 0.5) is 9.59 Å². The first-order valence-corrected chi connectivity index (χ1v) is 7.71. The summed E-state index contributed by atoms with van der Waals surface area (Å²) < 4.78 is 10.2. The third kappa shape index (κ3) is 13.8. The SMILES string of the molecule is CC(C)(C)OC(=O)NCCNCC(CO)NC(=O)OC(C)(C)C. The van der Waals surface area contributed by atoms with Crippen LogP contribution in [-0.4, -0.2) is 60.8 Å². The highest BCUT2D eigenvalue weighted by Gasteiger charge is 2.19. The molecular weight excluding hydrogens is 302 g/mol. The van der Waals surface area contributed by atoms with Crippen LogP contribution < -0.4 is 16.0 Å². The Morgan fingerprint density at radius 2 is 1.48 bits per heavy atom. The zero-order chi connectivity index (χ0) is 18.1. The Hall–Kier alpha value is -1.54. The minimum Gasteiger partial charge on any atom is -0.444 e. The van der Waals surface area contributed by atoms with E-state index < -0.39 is 29.4 Å². The predicted molar refractivity (Wildman–Crippen MR) is 87.3 cm³/mol. The molecule has 0 radical (unpaired) electrons. The van der Waals surface area contributed by atoms with Crippen LogP contribution in [-0.2, 0) is 9.47 Å². The monoisotopic (exact) mass is 333 g/mol. The molecule has 0 saturated heterocycles. The Morgan fingerprint density at radius 1 is 0.957 bits per heavy atom. The molecule has 136 valence electrons. The summed E-state index contributed by atoms with van der Waals surface area (Å²) in [6.45, 7) is 11.7. The molecule has 0 saturated carbocycles. The van der Waals surface area contributed by atoms with E-state index >= 15 is 0 Å². The number of rotatable bonds is 7. The van der Waals surface area contributed by atoms with Gasteiger partial charge in [-0.1, -0.05) is 0 Å². The lowest BCUT2D eigenvalue weighted by Gasteiger charge is -2.23. The summed E-state index contributed by atoms with van der Waals surface area (Å²) >= 11 is 0. The van der Waals surface area contributed by atoms with Gasteiger partial charge in [0.05, 0.1) is 12.6 Å². The molecule has 0 spiro atoms. The van der Waals surface area contributed by atoms with Crippen LogP contribution in [0, 0.1) is 0 Å². The molecule has 0 aliphatic heterocycles. The minimum atomic E-state index is -0.588. The molecule has 0 bridgehead atoms. The molecule has 8 nitrogen and oxygen atoms in total. The van der Waals surface area contributed by atoms with E-state index in [0.717, 1.165) is 0 Å². The van der Waals surface area contributed by atoms with Crippen molar-refractivity contribution in [2.75, 3.05) is 26.2 Å². The van der Waals surface area contributed by atoms with Crippen LogP contribution in [0.25, 0.3) is 0 Å². The highest BCUT2D eigenvalue weighted by molar-refractivity contribution is 5.68. The van der Waals surface area contributed by atoms with Crippen LogP contribution in [0.3, 0.4) is 0 Å². The van der Waals surface area contributed by atoms with E-state index in [4.69, 9.17) is 9.47 Å². The average molecular weight is 333 g/mol. The van der Waals surface area contributed by atoms with E-state index in [1.807, 2.05) is 0 Å². The molecule has 0 aliphatic rings. The molecule has 4 N–H and O–H groups in total. The number of aliphatic hydroxyl groups excluding tert-OH is 1. The van der Waals surface area contributed by atoms with Gasteiger partial charge in [0, 0.05) is 19.6 Å². The molecule has 0 fully saturated rings. The van der Waals surface area contributed by atoms with Crippen LogP contribution >= 0.6 is 0 Å². The second-order valence-corrected chi connectivity index (χ2v) is 7.16. The molecule has 0 aliphatic carbocycles. The predicted octanol–water partition coefficient (Wildman–Crippen LogP) is 0.986. The van der Waals surface area contributed by atoms with Gasteiger partial charge in [0.25, 0.3) is 0 Å². The van der Waals surface area contributed by atoms with Crippen molar-refractivity contribution in [3.8, 4) is 0 Å². The minimum absolute atomic E-state index is 0.217. The number of hydrogen-bond acceptors (Lipinski definition) is 6. The number of carbonyl (C=O) groups is 2. The van der Waals surface area contributed by atoms with Crippen molar-refractivity contribution < 1.29 is 24.2 Å². The second kappa shape index (κ2) is 9.57. The molecule has 2 amide bonds. The fraction of sp³-hybridized carbons (Fsp3) is 0.867. The van der Waals surface area contributed by atoms with Crippen molar-refractivity contribution in [1.29, 1.82) is 0 Å². The van der Waals surface area contributed by atoms with Gasteiger partial charge in [-0.15, -0.1) is 0 Å². The molecule has 0 aromatic carbocycles. The Balaban J connectivity index is 3.88. The van der Waals surface area contributed by atoms with E-state index in [1.165, 1.54) is 0 Å². The average Bonchev–Trinajstić information content (AvgIpc) is 2.32. The first kappa shape index (κ1) is 21.5. The summed E-state index contributed by atoms with van der Waals surface area (Å²) in [4.78, 5) is 23.0. The van der Waals surface area contributed by atoms with Gasteiger partial charge in [0.2, 0.25) is 0 Å². The lowest BCUT2D eigenvalue weighted by molar-refractivity contribution is 0.0482. The fourth-order valence-corrected chi connectivity index (χ4v) is 1.48. The van der Waals surface area contributed by atoms with Gasteiger partial charge < -0.3 is 30.5 Å². The van der Waals surface area contributed by atoms with Crippen LogP contribution in [0.15, 0.2) is 0 Å². The van der Waals surface area contributed by atoms with Crippen molar-refractivity contribution in [3.63, 3.8) is 0 Å². The zero-order valence-electron chi connectivity index (χ0n) is 15.0. The summed E-state index contributed by atoms with van der Waals surface area (Å²) in [6, 6.07) is -0.466. The van der Waals surface area contributed by atoms with Crippen LogP contribution in [0.5, 0.6) is 0 Å². The number of alkyl carbamates (subject to hydrolysis) is 2. The molecule has 0 heterocycles. The Labute approximate surface area is 138 Å². The van der Waals surface area contributed by atoms with E-state index in [0.29, 0.717) is 19.6 Å². The number of carbonyl (C=O) groups excluding carboxylic acids is 2. The first-order chi connectivity index (χ1) is 10.4. The Morgan fingerprint density at radius 3 is 1.96 bits per heavy atom. The largest absolute Gasteiger partial charge is 0.444 e. The van der Waals surface area contributed by atoms with Crippen molar-refractivity contribution in [2.24, 2.45) is 0 Å². The molecular formula is C15H31N3O5. The number of nitrogens with one attached hydrogen (secondary N) is 3. The number of ether oxygens (including phenoxy) is 2. The van der Waals surface area contributed by atoms with Gasteiger partial charge in [-0.3, -0.25) is 0 Å². The maximum Gasteiger partial charge on any atom is 0.407 e. The third-order valence-corrected chi connectivity index (χ3v) is 2.30. The topological polar surface area (TPSA) is 109 Å². The van der Waals surface area contributed by atoms with Gasteiger partial charge in [-0.05, 0) is 41.5 Å². The quantitative estimate of drug-likeness (QED) is 0.517. The van der Waals surface area contributed by atoms with E-state index in [-0.39, 0.29) is 6.61 Å². The highest BCUT2D eigenvalue weighted by atomic mass is 16.6. The second-order valence-electron chi connectivity index (χ2n) is 7.16. The van der Waals surface area contributed by atoms with Gasteiger partial charge in [-0.2, -0.15) is 0 Å². The van der Waals surface area contributed by atoms with Crippen molar-refractivity contribution >= 4 is 12.2 Å². The summed E-state index contributed by atoms with van der Waals surface area (Å²) in [5.74, 6) is 0. The molecule has 23 heavy (non-hydrogen) atoms. The van der Waals surface area contributed by atoms with Gasteiger partial charge >= 0.3 is 12.2 Å². The Kier molecular flexibility index (Phi) is 8.93. The van der Waals surface area contributed by atoms with E-state index in [9.17, 15) is 14.7 Å². The molecule has 0 aromatic heterocycles. The molecule has 1 atom stereocenters. The Bertz CT molecular complexity index is 374. The standard InChI is InChI=1S/C15H31N3O5/c1-14(2,3)22-12(20)17-8-7-16-9-11(10-19)18-13(21)23-15(4,5)6/h11,16,19H,7-10H2,1-6H3,(H,17,20)(H,18,21). The molecule has 1 unspecified atom stereocenters. The molecule has 0 aromatic rings. The number of hydrogen-bond donors (Lipinski definition) is 4. The number of aliphatic hydroxyl groups is 1. The van der Waals surface area contributed by atoms with Gasteiger partial charge in [0.1, 0.15) is 11.2 Å². The van der Waals surface area contributed by atoms with Gasteiger partial charge in [0.15, 0.2) is 0 Å². The van der Waals surface area contributed by atoms with E-state index in [2.05, 4.69) is 16.0 Å². The van der Waals surface area contributed by atoms with Crippen molar-refractivity contribution in [1.82, 2.24) is 16.0 Å². The van der Waals surface area contributed by atoms with Crippen molar-refractivity contribution in [2.45, 2.75) is 58.8 Å². The zero-order valence-corrected chi connectivity index (χ0v) is 15.0. The summed E-state index contributed by atoms with van der Waals surface area (Å²) in [5.41, 5.74) is -1.12. The first-order valence-electron chi connectivity index (χ1n) is 7.71. The molecule has 0 rings (SSSR count). The van der Waals surface area contributed by atoms with E-state index in [1.54, 1.807) is 41.5 Å². The van der Waals surface area contributed by atoms with Crippen LogP contribution in [0.2, 0.25) is 0 Å². The number of amides is 2. The maximum atomic E-state index is 11.6. The smallest absolute Gasteiger partial charge is 0.407 e.